The molecule has 3 fully saturated rings. The third-order valence-corrected chi connectivity index (χ3v) is 16.6. The van der Waals surface area contributed by atoms with Gasteiger partial charge in [-0.25, -0.2) is 14.4 Å². The number of nitrogens with zero attached hydrogens (tertiary/aromatic N) is 4. The Morgan fingerprint density at radius 1 is 0.848 bits per heavy atom. The minimum Gasteiger partial charge on any atom is -0.391 e. The molecule has 79 heavy (non-hydrogen) atoms. The van der Waals surface area contributed by atoms with Gasteiger partial charge in [-0.15, -0.1) is 11.3 Å². The summed E-state index contributed by atoms with van der Waals surface area (Å²) in [6, 6.07) is 17.5. The number of alkyl halides is 1. The van der Waals surface area contributed by atoms with Gasteiger partial charge < -0.3 is 41.6 Å². The first kappa shape index (κ1) is 58.6. The maximum atomic E-state index is 14.7. The van der Waals surface area contributed by atoms with E-state index in [9.17, 15) is 38.3 Å². The van der Waals surface area contributed by atoms with Gasteiger partial charge in [-0.2, -0.15) is 0 Å². The van der Waals surface area contributed by atoms with E-state index in [0.717, 1.165) is 104 Å². The molecule has 3 aliphatic rings. The van der Waals surface area contributed by atoms with Crippen LogP contribution in [0.15, 0.2) is 72.2 Å². The molecule has 0 bridgehead atoms. The van der Waals surface area contributed by atoms with Crippen molar-refractivity contribution in [2.75, 3.05) is 31.5 Å². The molecule has 0 radical (unpaired) electrons. The van der Waals surface area contributed by atoms with E-state index in [1.54, 1.807) is 50.5 Å². The normalized spacial score (nSPS) is 18.7. The molecule has 5 aromatic rings. The van der Waals surface area contributed by atoms with Crippen molar-refractivity contribution >= 4 is 63.5 Å². The zero-order valence-electron chi connectivity index (χ0n) is 46.4. The van der Waals surface area contributed by atoms with E-state index >= 15 is 0 Å². The molecule has 1 unspecified atom stereocenters. The van der Waals surface area contributed by atoms with Gasteiger partial charge in [-0.3, -0.25) is 33.7 Å². The van der Waals surface area contributed by atoms with E-state index < -0.39 is 53.0 Å². The molecule has 17 nitrogen and oxygen atoms in total. The van der Waals surface area contributed by atoms with E-state index in [2.05, 4.69) is 48.4 Å². The van der Waals surface area contributed by atoms with Crippen molar-refractivity contribution in [1.82, 2.24) is 46.0 Å². The molecule has 19 heteroatoms. The summed E-state index contributed by atoms with van der Waals surface area (Å²) >= 11 is 1.52. The lowest BCUT2D eigenvalue weighted by atomic mass is 9.85. The number of β-amino-alcohol motifs (C(OH)–C–C–N with tert-alkyl or cyclic N) is 1. The lowest BCUT2D eigenvalue weighted by Crippen LogP contribution is -2.59. The zero-order valence-corrected chi connectivity index (χ0v) is 47.2. The number of unbranched alkanes of at least 4 members (excludes halogenated alkanes) is 8. The summed E-state index contributed by atoms with van der Waals surface area (Å²) < 4.78 is 14.7. The second kappa shape index (κ2) is 26.6. The monoisotopic (exact) mass is 1100 g/mol. The number of amides is 6. The molecule has 0 spiro atoms. The van der Waals surface area contributed by atoms with Gasteiger partial charge >= 0.3 is 0 Å². The number of carbonyl (C=O) groups excluding carboxylic acids is 6. The minimum absolute atomic E-state index is 0.0354. The maximum absolute atomic E-state index is 14.7. The Morgan fingerprint density at radius 2 is 1.49 bits per heavy atom. The number of aromatic nitrogens is 3. The minimum atomic E-state index is -2.00. The fourth-order valence-corrected chi connectivity index (χ4v) is 11.4. The molecule has 7 N–H and O–H groups in total. The van der Waals surface area contributed by atoms with Crippen LogP contribution in [0.4, 0.5) is 10.1 Å². The highest BCUT2D eigenvalue weighted by molar-refractivity contribution is 7.13. The van der Waals surface area contributed by atoms with Crippen LogP contribution in [0.5, 0.6) is 0 Å². The summed E-state index contributed by atoms with van der Waals surface area (Å²) in [4.78, 5) is 97.7. The zero-order chi connectivity index (χ0) is 56.3. The number of aromatic amines is 1. The standard InChI is InChI=1S/C60H79FN10O7S/c1-38-16-15-31-70(38)36-50-66-46-26-25-44(32-48(46)67-50)65-55(75)43-23-21-42(22-24-43)54(74)63-30-14-12-10-8-6-7-9-11-13-29-62-51(73)34-47(40-17-19-41(20-18-40)52-39(2)64-37-79-52)68-56(76)49-33-45(72)35-71(49)57(77)53(59(3,4)5)69-58(78)60(61)27-28-60/h17-26,32,37-38,45,47,49,53,72H,6-16,27-31,33-36H2,1-5H3,(H,62,73)(H,63,74)(H,65,75)(H,66,67)(H,68,76)(H,69,78)/t38-,45?,47-,49-,53+/m0/s1. The number of aryl methyl sites for hydroxylation is 1. The Labute approximate surface area is 467 Å². The Bertz CT molecular complexity index is 2920. The largest absolute Gasteiger partial charge is 0.391 e. The van der Waals surface area contributed by atoms with Gasteiger partial charge in [0.15, 0.2) is 5.67 Å². The number of benzene rings is 3. The van der Waals surface area contributed by atoms with Crippen LogP contribution >= 0.6 is 11.3 Å². The van der Waals surface area contributed by atoms with Crippen molar-refractivity contribution < 1.29 is 38.3 Å². The lowest BCUT2D eigenvalue weighted by Gasteiger charge is -2.36. The van der Waals surface area contributed by atoms with Crippen LogP contribution in [0.1, 0.15) is 168 Å². The summed E-state index contributed by atoms with van der Waals surface area (Å²) in [5, 5.41) is 25.4. The number of carbonyl (C=O) groups is 6. The first-order valence-corrected chi connectivity index (χ1v) is 29.2. The molecule has 1 aliphatic carbocycles. The predicted molar refractivity (Wildman–Crippen MR) is 305 cm³/mol. The first-order valence-electron chi connectivity index (χ1n) is 28.3. The maximum Gasteiger partial charge on any atom is 0.258 e. The molecular formula is C60H79FN10O7S. The summed E-state index contributed by atoms with van der Waals surface area (Å²) in [7, 11) is 0. The third-order valence-electron chi connectivity index (χ3n) is 15.6. The quantitative estimate of drug-likeness (QED) is 0.0260. The van der Waals surface area contributed by atoms with Crippen molar-refractivity contribution in [2.45, 2.75) is 173 Å². The van der Waals surface area contributed by atoms with E-state index in [-0.39, 0.29) is 49.9 Å². The number of hydrogen-bond acceptors (Lipinski definition) is 11. The number of imidazole rings is 1. The topological polar surface area (TPSA) is 231 Å². The summed E-state index contributed by atoms with van der Waals surface area (Å²) in [5.74, 6) is -1.72. The van der Waals surface area contributed by atoms with Gasteiger partial charge in [-0.05, 0) is 118 Å². The predicted octanol–water partition coefficient (Wildman–Crippen LogP) is 8.83. The molecule has 8 rings (SSSR count). The second-order valence-corrected chi connectivity index (χ2v) is 23.8. The van der Waals surface area contributed by atoms with E-state index in [1.165, 1.54) is 29.1 Å². The average molecular weight is 1100 g/mol. The van der Waals surface area contributed by atoms with Gasteiger partial charge in [0.2, 0.25) is 17.7 Å². The van der Waals surface area contributed by atoms with Gasteiger partial charge in [0.1, 0.15) is 17.9 Å². The highest BCUT2D eigenvalue weighted by atomic mass is 32.1. The fourth-order valence-electron chi connectivity index (χ4n) is 10.6. The Balaban J connectivity index is 0.712. The van der Waals surface area contributed by atoms with Crippen molar-refractivity contribution in [3.05, 3.63) is 100 Å². The Kier molecular flexibility index (Phi) is 19.7. The highest BCUT2D eigenvalue weighted by Gasteiger charge is 2.53. The number of aliphatic hydroxyl groups excluding tert-OH is 1. The van der Waals surface area contributed by atoms with Crippen LogP contribution < -0.4 is 26.6 Å². The van der Waals surface area contributed by atoms with Gasteiger partial charge in [0.25, 0.3) is 17.7 Å². The van der Waals surface area contributed by atoms with Crippen molar-refractivity contribution in [3.63, 3.8) is 0 Å². The number of rotatable bonds is 26. The van der Waals surface area contributed by atoms with Crippen LogP contribution in [0, 0.1) is 12.3 Å². The summed E-state index contributed by atoms with van der Waals surface area (Å²) in [6.45, 7) is 12.2. The number of thiazole rings is 1. The van der Waals surface area contributed by atoms with E-state index in [0.29, 0.717) is 41.5 Å². The Hall–Kier alpha value is -6.57. The van der Waals surface area contributed by atoms with Gasteiger partial charge in [-0.1, -0.05) is 90.0 Å². The third kappa shape index (κ3) is 15.8. The lowest BCUT2D eigenvalue weighted by molar-refractivity contribution is -0.145. The molecule has 2 aliphatic heterocycles. The van der Waals surface area contributed by atoms with E-state index in [4.69, 9.17) is 4.98 Å². The van der Waals surface area contributed by atoms with Gasteiger partial charge in [0.05, 0.1) is 52.2 Å². The molecule has 4 heterocycles. The first-order chi connectivity index (χ1) is 37.8. The van der Waals surface area contributed by atoms with Gasteiger partial charge in [0, 0.05) is 48.9 Å². The number of likely N-dealkylation sites (tertiary alicyclic amines) is 2. The molecule has 6 amide bonds. The number of fused-ring (bicyclic) bond motifs is 1. The van der Waals surface area contributed by atoms with Crippen LogP contribution in [-0.2, 0) is 25.7 Å². The summed E-state index contributed by atoms with van der Waals surface area (Å²) in [6.07, 6.45) is 10.5. The fraction of sp³-hybridized carbons (Fsp3) is 0.533. The molecule has 424 valence electrons. The molecule has 2 aromatic heterocycles. The number of nitrogens with one attached hydrogen (secondary N) is 6. The van der Waals surface area contributed by atoms with Crippen LogP contribution in [0.25, 0.3) is 21.5 Å². The Morgan fingerprint density at radius 3 is 2.10 bits per heavy atom. The molecular weight excluding hydrogens is 1020 g/mol. The molecule has 1 saturated carbocycles. The SMILES string of the molecule is Cc1ncsc1-c1ccc([C@H](CC(=O)NCCCCCCCCCCCNC(=O)c2ccc(C(=O)Nc3ccc4nc(CN5CCC[C@@H]5C)[nH]c4c3)cc2)NC(=O)[C@@H]2CC(O)CN2C(=O)[C@@H](NC(=O)C2(F)CC2)C(C)(C)C)cc1. The number of hydrogen-bond donors (Lipinski definition) is 7. The van der Waals surface area contributed by atoms with Crippen molar-refractivity contribution in [1.29, 1.82) is 0 Å². The number of aliphatic hydroxyl groups is 1. The highest BCUT2D eigenvalue weighted by Crippen LogP contribution is 2.41. The smallest absolute Gasteiger partial charge is 0.258 e. The van der Waals surface area contributed by atoms with Crippen molar-refractivity contribution in [2.24, 2.45) is 5.41 Å². The van der Waals surface area contributed by atoms with E-state index in [1.807, 2.05) is 49.4 Å². The molecule has 2 saturated heterocycles. The van der Waals surface area contributed by atoms with Crippen molar-refractivity contribution in [3.8, 4) is 10.4 Å². The van der Waals surface area contributed by atoms with Crippen LogP contribution in [0.2, 0.25) is 0 Å². The van der Waals surface area contributed by atoms with Crippen LogP contribution in [0.3, 0.4) is 0 Å². The summed E-state index contributed by atoms with van der Waals surface area (Å²) in [5.41, 5.74) is 4.85. The molecule has 3 aromatic carbocycles. The van der Waals surface area contributed by atoms with Crippen LogP contribution in [-0.4, -0.2) is 121 Å². The number of H-pyrrole nitrogens is 1. The molecule has 5 atom stereocenters. The second-order valence-electron chi connectivity index (χ2n) is 23.0. The number of halogens is 1. The number of anilines is 1. The average Bonchev–Trinajstić information content (AvgIpc) is 4.03.